The van der Waals surface area contributed by atoms with Crippen molar-refractivity contribution in [2.24, 2.45) is 11.8 Å². The van der Waals surface area contributed by atoms with Gasteiger partial charge in [-0.1, -0.05) is 30.4 Å². The third-order valence-corrected chi connectivity index (χ3v) is 7.03. The van der Waals surface area contributed by atoms with Crippen molar-refractivity contribution in [1.82, 2.24) is 15.2 Å². The minimum absolute atomic E-state index is 0.0200. The molecule has 188 valence electrons. The van der Waals surface area contributed by atoms with Crippen LogP contribution >= 0.6 is 0 Å². The van der Waals surface area contributed by atoms with E-state index < -0.39 is 46.3 Å². The summed E-state index contributed by atoms with van der Waals surface area (Å²) in [6.07, 6.45) is 6.76. The first-order valence-electron chi connectivity index (χ1n) is 11.9. The van der Waals surface area contributed by atoms with Crippen molar-refractivity contribution in [3.05, 3.63) is 72.3 Å². The van der Waals surface area contributed by atoms with Crippen LogP contribution in [0.25, 0.3) is 0 Å². The molecule has 2 saturated heterocycles. The Hall–Kier alpha value is -3.59. The molecule has 0 unspecified atom stereocenters. The van der Waals surface area contributed by atoms with E-state index in [0.29, 0.717) is 0 Å². The summed E-state index contributed by atoms with van der Waals surface area (Å²) in [6.45, 7) is 7.42. The molecule has 2 bridgehead atoms. The number of hydrogen-bond acceptors (Lipinski definition) is 5. The fraction of sp³-hybridized carbons (Fsp3) is 0.407. The molecule has 4 heterocycles. The van der Waals surface area contributed by atoms with Gasteiger partial charge in [-0.15, -0.1) is 0 Å². The lowest BCUT2D eigenvalue weighted by Crippen LogP contribution is -2.57. The van der Waals surface area contributed by atoms with Gasteiger partial charge in [0.1, 0.15) is 17.5 Å². The van der Waals surface area contributed by atoms with Crippen LogP contribution in [-0.2, 0) is 25.7 Å². The van der Waals surface area contributed by atoms with Crippen molar-refractivity contribution in [1.29, 1.82) is 0 Å². The zero-order valence-corrected chi connectivity index (χ0v) is 20.6. The van der Waals surface area contributed by atoms with Crippen LogP contribution < -0.4 is 10.6 Å². The van der Waals surface area contributed by atoms with E-state index in [1.54, 1.807) is 43.6 Å². The Labute approximate surface area is 208 Å². The Balaban J connectivity index is 1.55. The fourth-order valence-electron chi connectivity index (χ4n) is 5.70. The third kappa shape index (κ3) is 3.78. The van der Waals surface area contributed by atoms with E-state index in [9.17, 15) is 18.8 Å². The van der Waals surface area contributed by atoms with Crippen LogP contribution in [-0.4, -0.2) is 50.4 Å². The molecule has 2 aromatic rings. The molecule has 36 heavy (non-hydrogen) atoms. The van der Waals surface area contributed by atoms with Crippen molar-refractivity contribution >= 4 is 23.4 Å². The summed E-state index contributed by atoms with van der Waals surface area (Å²) in [6, 6.07) is 8.43. The predicted octanol–water partition coefficient (Wildman–Crippen LogP) is 2.81. The number of benzene rings is 1. The number of hydrogen-bond donors (Lipinski definition) is 2. The highest BCUT2D eigenvalue weighted by Gasteiger charge is 2.76. The van der Waals surface area contributed by atoms with E-state index >= 15 is 0 Å². The van der Waals surface area contributed by atoms with Crippen molar-refractivity contribution in [2.75, 3.05) is 5.32 Å². The molecule has 0 aliphatic carbocycles. The summed E-state index contributed by atoms with van der Waals surface area (Å²) < 4.78 is 20.8. The molecule has 5 atom stereocenters. The average molecular weight is 493 g/mol. The number of likely N-dealkylation sites (tertiary alicyclic amines) is 1. The first kappa shape index (κ1) is 24.1. The molecule has 3 aliphatic rings. The number of nitrogens with one attached hydrogen (secondary N) is 2. The number of pyridine rings is 1. The van der Waals surface area contributed by atoms with Crippen LogP contribution in [0.5, 0.6) is 0 Å². The highest BCUT2D eigenvalue weighted by Crippen LogP contribution is 2.60. The van der Waals surface area contributed by atoms with Gasteiger partial charge in [-0.2, -0.15) is 0 Å². The zero-order chi connectivity index (χ0) is 25.9. The first-order valence-corrected chi connectivity index (χ1v) is 11.9. The number of aromatic nitrogens is 1. The minimum Gasteiger partial charge on any atom is -0.356 e. The van der Waals surface area contributed by atoms with Crippen molar-refractivity contribution in [3.63, 3.8) is 0 Å². The number of ether oxygens (including phenoxy) is 1. The van der Waals surface area contributed by atoms with Crippen LogP contribution in [0.4, 0.5) is 10.1 Å². The first-order chi connectivity index (χ1) is 17.0. The van der Waals surface area contributed by atoms with E-state index in [4.69, 9.17) is 4.74 Å². The smallest absolute Gasteiger partial charge is 0.246 e. The number of anilines is 1. The maximum Gasteiger partial charge on any atom is 0.246 e. The number of halogens is 1. The Morgan fingerprint density at radius 1 is 1.14 bits per heavy atom. The quantitative estimate of drug-likeness (QED) is 0.626. The second-order valence-electron chi connectivity index (χ2n) is 10.9. The summed E-state index contributed by atoms with van der Waals surface area (Å²) >= 11 is 0. The van der Waals surface area contributed by atoms with E-state index in [-0.39, 0.29) is 24.0 Å². The van der Waals surface area contributed by atoms with E-state index in [1.165, 1.54) is 23.1 Å². The zero-order valence-electron chi connectivity index (χ0n) is 20.6. The molecule has 1 spiro atoms. The lowest BCUT2D eigenvalue weighted by molar-refractivity contribution is -0.145. The Morgan fingerprint density at radius 3 is 2.56 bits per heavy atom. The molecule has 3 amide bonds. The van der Waals surface area contributed by atoms with Gasteiger partial charge in [0.05, 0.1) is 23.1 Å². The molecule has 2 N–H and O–H groups in total. The number of fused-ring (bicyclic) bond motifs is 1. The van der Waals surface area contributed by atoms with E-state index in [0.717, 1.165) is 5.56 Å². The Morgan fingerprint density at radius 2 is 1.89 bits per heavy atom. The van der Waals surface area contributed by atoms with Crippen molar-refractivity contribution in [2.45, 2.75) is 57.0 Å². The lowest BCUT2D eigenvalue weighted by atomic mass is 9.70. The van der Waals surface area contributed by atoms with Crippen molar-refractivity contribution in [3.8, 4) is 0 Å². The molecule has 2 fully saturated rings. The van der Waals surface area contributed by atoms with E-state index in [2.05, 4.69) is 15.6 Å². The van der Waals surface area contributed by atoms with Crippen LogP contribution in [0.1, 0.15) is 33.3 Å². The topological polar surface area (TPSA) is 101 Å². The number of rotatable bonds is 5. The molecule has 3 aliphatic heterocycles. The van der Waals surface area contributed by atoms with Gasteiger partial charge >= 0.3 is 0 Å². The van der Waals surface area contributed by atoms with Gasteiger partial charge in [0.15, 0.2) is 0 Å². The van der Waals surface area contributed by atoms with Gasteiger partial charge in [-0.25, -0.2) is 4.39 Å². The number of amides is 3. The van der Waals surface area contributed by atoms with Crippen LogP contribution in [0.15, 0.2) is 60.9 Å². The number of carbonyl (C=O) groups is 3. The number of carbonyl (C=O) groups excluding carboxylic acids is 3. The molecule has 0 saturated carbocycles. The lowest BCUT2D eigenvalue weighted by Gasteiger charge is -2.35. The molecule has 1 aromatic heterocycles. The van der Waals surface area contributed by atoms with E-state index in [1.807, 2.05) is 26.8 Å². The monoisotopic (exact) mass is 492 g/mol. The second-order valence-corrected chi connectivity index (χ2v) is 10.9. The van der Waals surface area contributed by atoms with Crippen molar-refractivity contribution < 1.29 is 23.5 Å². The SMILES string of the molecule is CC(C)(C)NC(=O)[C@@H]1N(Cc2cccnc2)C(=O)[C@H]2[C@H](C(=O)Nc3ccccc3F)[C@@]3(C)C=C[C@@]12O3. The molecule has 9 heteroatoms. The summed E-state index contributed by atoms with van der Waals surface area (Å²) in [7, 11) is 0. The van der Waals surface area contributed by atoms with Crippen LogP contribution in [0.3, 0.4) is 0 Å². The molecule has 5 rings (SSSR count). The highest BCUT2D eigenvalue weighted by atomic mass is 19.1. The summed E-state index contributed by atoms with van der Waals surface area (Å²) in [5.74, 6) is -3.76. The Bertz CT molecular complexity index is 1260. The average Bonchev–Trinajstić information content (AvgIpc) is 3.36. The number of nitrogens with zero attached hydrogens (tertiary/aromatic N) is 2. The van der Waals surface area contributed by atoms with Crippen LogP contribution in [0, 0.1) is 17.7 Å². The Kier molecular flexibility index (Phi) is 5.51. The molecule has 8 nitrogen and oxygen atoms in total. The normalized spacial score (nSPS) is 30.4. The summed E-state index contributed by atoms with van der Waals surface area (Å²) in [5.41, 5.74) is -2.25. The molecular weight excluding hydrogens is 463 g/mol. The summed E-state index contributed by atoms with van der Waals surface area (Å²) in [4.78, 5) is 46.8. The summed E-state index contributed by atoms with van der Waals surface area (Å²) in [5, 5.41) is 5.61. The second kappa shape index (κ2) is 8.23. The number of para-hydroxylation sites is 1. The van der Waals surface area contributed by atoms with Crippen LogP contribution in [0.2, 0.25) is 0 Å². The molecule has 1 aromatic carbocycles. The maximum atomic E-state index is 14.3. The molecular formula is C27H29FN4O4. The van der Waals surface area contributed by atoms with Gasteiger partial charge in [0, 0.05) is 24.5 Å². The van der Waals surface area contributed by atoms with Gasteiger partial charge in [-0.05, 0) is 51.5 Å². The van der Waals surface area contributed by atoms with Gasteiger partial charge in [-0.3, -0.25) is 19.4 Å². The minimum atomic E-state index is -1.33. The standard InChI is InChI=1S/C27H29FN4O4/c1-25(2,3)31-23(34)21-27-12-11-26(4,36-27)19(22(33)30-18-10-6-5-9-17(18)28)20(27)24(35)32(21)15-16-8-7-13-29-14-16/h5-14,19-21H,15H2,1-4H3,(H,30,33)(H,31,34)/t19-,20-,21+,26-,27+/m1/s1. The maximum absolute atomic E-state index is 14.3. The van der Waals surface area contributed by atoms with Gasteiger partial charge in [0.2, 0.25) is 17.7 Å². The highest BCUT2D eigenvalue weighted by molar-refractivity contribution is 6.03. The predicted molar refractivity (Wildman–Crippen MR) is 130 cm³/mol. The molecule has 0 radical (unpaired) electrons. The third-order valence-electron chi connectivity index (χ3n) is 7.03. The van der Waals surface area contributed by atoms with Gasteiger partial charge in [0.25, 0.3) is 0 Å². The fourth-order valence-corrected chi connectivity index (χ4v) is 5.70. The largest absolute Gasteiger partial charge is 0.356 e. The van der Waals surface area contributed by atoms with Gasteiger partial charge < -0.3 is 20.3 Å².